The van der Waals surface area contributed by atoms with Gasteiger partial charge < -0.3 is 20.1 Å². The molecule has 234 valence electrons. The number of amides is 1. The third kappa shape index (κ3) is 6.90. The monoisotopic (exact) mass is 651 g/mol. The van der Waals surface area contributed by atoms with E-state index in [0.29, 0.717) is 63.6 Å². The van der Waals surface area contributed by atoms with Gasteiger partial charge in [0.1, 0.15) is 24.1 Å². The van der Waals surface area contributed by atoms with Crippen molar-refractivity contribution in [1.29, 1.82) is 0 Å². The highest BCUT2D eigenvalue weighted by atomic mass is 35.5. The van der Waals surface area contributed by atoms with Crippen LogP contribution in [0, 0.1) is 6.92 Å². The maximum absolute atomic E-state index is 14.1. The molecule has 0 aliphatic carbocycles. The van der Waals surface area contributed by atoms with Crippen LogP contribution < -0.4 is 20.1 Å². The number of aryl methyl sites for hydroxylation is 1. The third-order valence-electron chi connectivity index (χ3n) is 7.66. The highest BCUT2D eigenvalue weighted by molar-refractivity contribution is 7.98. The summed E-state index contributed by atoms with van der Waals surface area (Å²) >= 11 is 7.89. The molecule has 2 heterocycles. The molecule has 2 N–H and O–H groups in total. The summed E-state index contributed by atoms with van der Waals surface area (Å²) in [5, 5.41) is 12.6. The average molecular weight is 652 g/mol. The lowest BCUT2D eigenvalue weighted by molar-refractivity contribution is -0.113. The molecule has 4 aromatic carbocycles. The maximum Gasteiger partial charge on any atom is 0.255 e. The average Bonchev–Trinajstić information content (AvgIpc) is 3.46. The predicted molar refractivity (Wildman–Crippen MR) is 184 cm³/mol. The lowest BCUT2D eigenvalue weighted by Gasteiger charge is -2.29. The van der Waals surface area contributed by atoms with Crippen molar-refractivity contribution in [3.63, 3.8) is 0 Å². The summed E-state index contributed by atoms with van der Waals surface area (Å²) in [4.78, 5) is 18.9. The number of anilines is 2. The van der Waals surface area contributed by atoms with Crippen LogP contribution in [0.2, 0.25) is 5.02 Å². The van der Waals surface area contributed by atoms with E-state index in [1.807, 2.05) is 98.8 Å². The minimum atomic E-state index is -0.584. The summed E-state index contributed by atoms with van der Waals surface area (Å²) in [7, 11) is 0. The van der Waals surface area contributed by atoms with Gasteiger partial charge in [-0.3, -0.25) is 4.79 Å². The summed E-state index contributed by atoms with van der Waals surface area (Å²) in [6, 6.07) is 30.5. The molecule has 1 aliphatic rings. The number of nitrogens with one attached hydrogen (secondary N) is 2. The highest BCUT2D eigenvalue weighted by Crippen LogP contribution is 2.39. The van der Waals surface area contributed by atoms with Gasteiger partial charge in [0.05, 0.1) is 17.9 Å². The molecule has 1 amide bonds. The molecule has 1 aliphatic heterocycles. The van der Waals surface area contributed by atoms with Crippen LogP contribution in [-0.4, -0.2) is 27.3 Å². The van der Waals surface area contributed by atoms with Crippen molar-refractivity contribution in [2.24, 2.45) is 0 Å². The number of nitrogens with zero attached hydrogens (tertiary/aromatic N) is 3. The van der Waals surface area contributed by atoms with Crippen LogP contribution in [0.25, 0.3) is 0 Å². The van der Waals surface area contributed by atoms with Crippen LogP contribution in [0.4, 0.5) is 11.6 Å². The molecule has 46 heavy (non-hydrogen) atoms. The molecular formula is C36H34ClN5O3S. The zero-order chi connectivity index (χ0) is 32.0. The normalized spacial score (nSPS) is 14.0. The van der Waals surface area contributed by atoms with E-state index < -0.39 is 6.04 Å². The Morgan fingerprint density at radius 1 is 0.957 bits per heavy atom. The van der Waals surface area contributed by atoms with E-state index in [2.05, 4.69) is 29.7 Å². The van der Waals surface area contributed by atoms with Crippen LogP contribution in [0.15, 0.2) is 113 Å². The fourth-order valence-corrected chi connectivity index (χ4v) is 6.42. The fourth-order valence-electron chi connectivity index (χ4n) is 5.30. The van der Waals surface area contributed by atoms with Gasteiger partial charge in [0, 0.05) is 16.5 Å². The second-order valence-corrected chi connectivity index (χ2v) is 12.1. The third-order valence-corrected chi connectivity index (χ3v) is 8.91. The van der Waals surface area contributed by atoms with Crippen LogP contribution >= 0.6 is 23.4 Å². The minimum Gasteiger partial charge on any atom is -0.492 e. The molecule has 0 fully saturated rings. The van der Waals surface area contributed by atoms with Crippen molar-refractivity contribution in [2.75, 3.05) is 17.2 Å². The number of hydrogen-bond acceptors (Lipinski definition) is 7. The fraction of sp³-hybridized carbons (Fsp3) is 0.194. The number of fused-ring (bicyclic) bond motifs is 1. The molecule has 0 saturated carbocycles. The van der Waals surface area contributed by atoms with Gasteiger partial charge in [0.25, 0.3) is 5.91 Å². The van der Waals surface area contributed by atoms with Gasteiger partial charge in [-0.15, -0.1) is 5.10 Å². The van der Waals surface area contributed by atoms with Crippen LogP contribution in [0.3, 0.4) is 0 Å². The molecule has 1 unspecified atom stereocenters. The van der Waals surface area contributed by atoms with Gasteiger partial charge in [-0.2, -0.15) is 4.98 Å². The van der Waals surface area contributed by atoms with E-state index in [1.54, 1.807) is 4.68 Å². The van der Waals surface area contributed by atoms with Crippen LogP contribution in [0.1, 0.15) is 42.1 Å². The smallest absolute Gasteiger partial charge is 0.255 e. The number of benzene rings is 4. The zero-order valence-corrected chi connectivity index (χ0v) is 27.4. The Labute approximate surface area is 277 Å². The Morgan fingerprint density at radius 3 is 2.52 bits per heavy atom. The van der Waals surface area contributed by atoms with Crippen LogP contribution in [0.5, 0.6) is 11.5 Å². The first-order valence-electron chi connectivity index (χ1n) is 15.0. The van der Waals surface area contributed by atoms with Gasteiger partial charge in [0.15, 0.2) is 0 Å². The molecule has 0 saturated heterocycles. The lowest BCUT2D eigenvalue weighted by atomic mass is 9.94. The summed E-state index contributed by atoms with van der Waals surface area (Å²) in [6.07, 6.45) is 0. The molecule has 10 heteroatoms. The number of rotatable bonds is 11. The summed E-state index contributed by atoms with van der Waals surface area (Å²) in [6.45, 7) is 6.76. The van der Waals surface area contributed by atoms with Gasteiger partial charge >= 0.3 is 0 Å². The number of aromatic nitrogens is 3. The van der Waals surface area contributed by atoms with Crippen molar-refractivity contribution in [3.8, 4) is 11.5 Å². The van der Waals surface area contributed by atoms with Crippen molar-refractivity contribution >= 4 is 40.9 Å². The van der Waals surface area contributed by atoms with Crippen molar-refractivity contribution in [1.82, 2.24) is 14.8 Å². The molecule has 0 bridgehead atoms. The van der Waals surface area contributed by atoms with E-state index in [-0.39, 0.29) is 5.91 Å². The van der Waals surface area contributed by atoms with Crippen molar-refractivity contribution in [3.05, 3.63) is 136 Å². The predicted octanol–water partition coefficient (Wildman–Crippen LogP) is 8.44. The first-order chi connectivity index (χ1) is 22.4. The summed E-state index contributed by atoms with van der Waals surface area (Å²) in [5.74, 6) is 2.15. The van der Waals surface area contributed by atoms with Crippen molar-refractivity contribution in [2.45, 2.75) is 44.3 Å². The topological polar surface area (TPSA) is 90.3 Å². The Morgan fingerprint density at radius 2 is 1.72 bits per heavy atom. The highest BCUT2D eigenvalue weighted by Gasteiger charge is 2.35. The van der Waals surface area contributed by atoms with E-state index in [0.717, 1.165) is 22.3 Å². The number of allylic oxidation sites excluding steroid dienone is 1. The Balaban J connectivity index is 1.34. The summed E-state index contributed by atoms with van der Waals surface area (Å²) < 4.78 is 13.8. The number of thioether (sulfide) groups is 1. The van der Waals surface area contributed by atoms with Gasteiger partial charge in [-0.1, -0.05) is 90.1 Å². The minimum absolute atomic E-state index is 0.278. The maximum atomic E-state index is 14.1. The number of carbonyl (C=O) groups excluding carboxylic acids is 1. The van der Waals surface area contributed by atoms with E-state index in [1.165, 1.54) is 11.8 Å². The SMILES string of the molecule is CCOc1ccccc1NC(=O)C1=C(C)Nc2nc(SCc3ccccc3Cl)nn2C1c1cccc(OCc2ccccc2C)c1. The molecule has 1 atom stereocenters. The first kappa shape index (κ1) is 31.3. The largest absolute Gasteiger partial charge is 0.492 e. The van der Waals surface area contributed by atoms with E-state index >= 15 is 0 Å². The number of hydrogen-bond donors (Lipinski definition) is 2. The Kier molecular flexibility index (Phi) is 9.61. The van der Waals surface area contributed by atoms with Gasteiger partial charge in [0.2, 0.25) is 11.1 Å². The van der Waals surface area contributed by atoms with Crippen molar-refractivity contribution < 1.29 is 14.3 Å². The first-order valence-corrected chi connectivity index (χ1v) is 16.4. The summed E-state index contributed by atoms with van der Waals surface area (Å²) in [5.41, 5.74) is 5.86. The molecule has 1 aromatic heterocycles. The Bertz CT molecular complexity index is 1910. The van der Waals surface area contributed by atoms with Gasteiger partial charge in [-0.05, 0) is 73.4 Å². The lowest BCUT2D eigenvalue weighted by Crippen LogP contribution is -2.31. The molecular weight excluding hydrogens is 618 g/mol. The molecule has 0 radical (unpaired) electrons. The number of carbonyl (C=O) groups is 1. The Hall–Kier alpha value is -4.73. The van der Waals surface area contributed by atoms with Gasteiger partial charge in [-0.25, -0.2) is 4.68 Å². The van der Waals surface area contributed by atoms with E-state index in [4.69, 9.17) is 31.2 Å². The second kappa shape index (κ2) is 14.1. The van der Waals surface area contributed by atoms with E-state index in [9.17, 15) is 4.79 Å². The standard InChI is InChI=1S/C36H34ClN5O3S/c1-4-44-31-19-10-9-18-30(31)39-34(43)32-24(3)38-35-40-36(46-22-27-14-7-8-17-29(27)37)41-42(35)33(32)25-15-11-16-28(20-25)45-21-26-13-6-5-12-23(26)2/h5-20,33H,4,21-22H2,1-3H3,(H,39,43)(H,38,40,41). The number of para-hydroxylation sites is 2. The molecule has 6 rings (SSSR count). The molecule has 5 aromatic rings. The zero-order valence-electron chi connectivity index (χ0n) is 25.8. The van der Waals surface area contributed by atoms with Crippen LogP contribution in [-0.2, 0) is 17.2 Å². The second-order valence-electron chi connectivity index (χ2n) is 10.8. The number of ether oxygens (including phenoxy) is 2. The number of halogens is 1. The molecule has 8 nitrogen and oxygen atoms in total. The molecule has 0 spiro atoms. The quantitative estimate of drug-likeness (QED) is 0.139.